The zero-order valence-electron chi connectivity index (χ0n) is 16.6. The number of dihydropyridines is 1. The van der Waals surface area contributed by atoms with Crippen LogP contribution in [0.5, 0.6) is 0 Å². The van der Waals surface area contributed by atoms with E-state index < -0.39 is 23.8 Å². The van der Waals surface area contributed by atoms with E-state index in [1.807, 2.05) is 0 Å². The lowest BCUT2D eigenvalue weighted by atomic mass is 9.93. The number of aromatic nitrogens is 2. The van der Waals surface area contributed by atoms with Gasteiger partial charge in [0.1, 0.15) is 5.82 Å². The zero-order valence-corrected chi connectivity index (χ0v) is 16.6. The molecular weight excluding hydrogens is 415 g/mol. The predicted octanol–water partition coefficient (Wildman–Crippen LogP) is 0.491. The number of allylic oxidation sites excluding steroid dienone is 1. The van der Waals surface area contributed by atoms with Gasteiger partial charge in [0.2, 0.25) is 11.9 Å². The molecule has 0 radical (unpaired) electrons. The highest BCUT2D eigenvalue weighted by atomic mass is 19.4. The topological polar surface area (TPSA) is 137 Å². The minimum Gasteiger partial charge on any atom is -0.396 e. The predicted molar refractivity (Wildman–Crippen MR) is 107 cm³/mol. The summed E-state index contributed by atoms with van der Waals surface area (Å²) in [6.45, 7) is -0.0813. The highest BCUT2D eigenvalue weighted by Gasteiger charge is 2.39. The van der Waals surface area contributed by atoms with Gasteiger partial charge >= 0.3 is 6.18 Å². The Morgan fingerprint density at radius 1 is 1.32 bits per heavy atom. The molecule has 1 aliphatic carbocycles. The quantitative estimate of drug-likeness (QED) is 0.390. The van der Waals surface area contributed by atoms with E-state index in [4.69, 9.17) is 5.73 Å². The number of nitrogen functional groups attached to an aromatic ring is 1. The Hall–Kier alpha value is -3.02. The lowest BCUT2D eigenvalue weighted by Crippen LogP contribution is -2.42. The minimum absolute atomic E-state index is 0.108. The van der Waals surface area contributed by atoms with Crippen LogP contribution in [-0.4, -0.2) is 58.9 Å². The number of nitrogens with one attached hydrogen (secondary N) is 4. The number of rotatable bonds is 5. The fourth-order valence-corrected chi connectivity index (χ4v) is 4.07. The Morgan fingerprint density at radius 2 is 2.13 bits per heavy atom. The average molecular weight is 439 g/mol. The maximum atomic E-state index is 13.2. The summed E-state index contributed by atoms with van der Waals surface area (Å²) >= 11 is 0. The van der Waals surface area contributed by atoms with Gasteiger partial charge in [0.05, 0.1) is 41.8 Å². The Morgan fingerprint density at radius 3 is 2.84 bits per heavy atom. The number of alkyl halides is 3. The summed E-state index contributed by atoms with van der Waals surface area (Å²) in [7, 11) is 0. The number of carbonyl (C=O) groups is 1. The van der Waals surface area contributed by atoms with Crippen molar-refractivity contribution in [3.8, 4) is 0 Å². The Balaban J connectivity index is 1.46. The molecule has 1 amide bonds. The average Bonchev–Trinajstić information content (AvgIpc) is 3.32. The fourth-order valence-electron chi connectivity index (χ4n) is 4.07. The molecule has 3 aliphatic rings. The normalized spacial score (nSPS) is 25.4. The third kappa shape index (κ3) is 4.53. The highest BCUT2D eigenvalue weighted by molar-refractivity contribution is 5.80. The largest absolute Gasteiger partial charge is 0.414 e. The van der Waals surface area contributed by atoms with Crippen molar-refractivity contribution in [1.29, 1.82) is 0 Å². The van der Waals surface area contributed by atoms with Crippen molar-refractivity contribution < 1.29 is 23.1 Å². The number of nitrogens with two attached hydrogens (primary N) is 1. The maximum Gasteiger partial charge on any atom is 0.414 e. The van der Waals surface area contributed by atoms with Crippen LogP contribution in [0, 0.1) is 0 Å². The van der Waals surface area contributed by atoms with E-state index in [0.29, 0.717) is 30.1 Å². The van der Waals surface area contributed by atoms with E-state index in [9.17, 15) is 23.1 Å². The van der Waals surface area contributed by atoms with Crippen LogP contribution in [0.2, 0.25) is 0 Å². The molecule has 9 nitrogen and oxygen atoms in total. The molecule has 4 rings (SSSR count). The van der Waals surface area contributed by atoms with Crippen molar-refractivity contribution in [3.63, 3.8) is 0 Å². The molecule has 3 unspecified atom stereocenters. The SMILES string of the molecule is Nc1cnc(NCC(=O)NC2CCCC2O)nc1C1CNC2=C1C=C(C(F)(F)F)CN2. The highest BCUT2D eigenvalue weighted by Crippen LogP contribution is 2.38. The number of carbonyl (C=O) groups excluding carboxylic acids is 1. The summed E-state index contributed by atoms with van der Waals surface area (Å²) < 4.78 is 39.5. The summed E-state index contributed by atoms with van der Waals surface area (Å²) in [5, 5.41) is 21.2. The molecule has 3 heterocycles. The standard InChI is InChI=1S/C19H24F3N7O2/c20-19(21,22)9-4-10-11(6-25-17(10)24-5-9)16-12(23)7-26-18(29-16)27-8-15(31)28-13-2-1-3-14(13)30/h4,7,11,13-14,24-25,30H,1-3,5-6,8,23H2,(H,28,31)(H,26,27,29). The first-order valence-corrected chi connectivity index (χ1v) is 10.1. The summed E-state index contributed by atoms with van der Waals surface area (Å²) in [6, 6.07) is -0.263. The molecule has 0 bridgehead atoms. The third-order valence-electron chi connectivity index (χ3n) is 5.71. The van der Waals surface area contributed by atoms with Gasteiger partial charge in [0.25, 0.3) is 0 Å². The first-order valence-electron chi connectivity index (χ1n) is 10.1. The van der Waals surface area contributed by atoms with E-state index in [0.717, 1.165) is 18.9 Å². The van der Waals surface area contributed by atoms with Crippen molar-refractivity contribution >= 4 is 17.5 Å². The number of aliphatic hydroxyl groups is 1. The van der Waals surface area contributed by atoms with Gasteiger partial charge in [0, 0.05) is 24.6 Å². The van der Waals surface area contributed by atoms with Gasteiger partial charge in [-0.25, -0.2) is 9.97 Å². The Labute approximate surface area is 176 Å². The van der Waals surface area contributed by atoms with Crippen LogP contribution in [0.15, 0.2) is 29.2 Å². The van der Waals surface area contributed by atoms with E-state index in [2.05, 4.69) is 31.2 Å². The maximum absolute atomic E-state index is 13.2. The number of halogens is 3. The van der Waals surface area contributed by atoms with Crippen LogP contribution < -0.4 is 27.0 Å². The van der Waals surface area contributed by atoms with Crippen LogP contribution in [0.3, 0.4) is 0 Å². The summed E-state index contributed by atoms with van der Waals surface area (Å²) in [4.78, 5) is 20.6. The molecule has 0 aromatic carbocycles. The van der Waals surface area contributed by atoms with Crippen molar-refractivity contribution in [2.24, 2.45) is 0 Å². The van der Waals surface area contributed by atoms with E-state index in [-0.39, 0.29) is 36.7 Å². The van der Waals surface area contributed by atoms with Gasteiger partial charge in [-0.2, -0.15) is 13.2 Å². The zero-order chi connectivity index (χ0) is 22.2. The van der Waals surface area contributed by atoms with Crippen LogP contribution in [0.25, 0.3) is 0 Å². The van der Waals surface area contributed by atoms with Gasteiger partial charge in [-0.1, -0.05) is 0 Å². The van der Waals surface area contributed by atoms with E-state index in [1.54, 1.807) is 0 Å². The van der Waals surface area contributed by atoms with Gasteiger partial charge in [-0.15, -0.1) is 0 Å². The van der Waals surface area contributed by atoms with Crippen LogP contribution >= 0.6 is 0 Å². The lowest BCUT2D eigenvalue weighted by Gasteiger charge is -2.21. The van der Waals surface area contributed by atoms with E-state index in [1.165, 1.54) is 6.20 Å². The molecule has 12 heteroatoms. The molecule has 1 aromatic rings. The Kier molecular flexibility index (Phi) is 5.65. The van der Waals surface area contributed by atoms with Gasteiger partial charge in [0.15, 0.2) is 0 Å². The molecule has 1 saturated carbocycles. The number of nitrogens with zero attached hydrogens (tertiary/aromatic N) is 2. The van der Waals surface area contributed by atoms with Crippen LogP contribution in [-0.2, 0) is 4.79 Å². The van der Waals surface area contributed by atoms with Gasteiger partial charge in [-0.05, 0) is 25.3 Å². The molecule has 1 fully saturated rings. The number of anilines is 2. The molecule has 31 heavy (non-hydrogen) atoms. The molecule has 3 atom stereocenters. The second-order valence-corrected chi connectivity index (χ2v) is 7.84. The summed E-state index contributed by atoms with van der Waals surface area (Å²) in [5.74, 6) is -0.134. The second kappa shape index (κ2) is 8.25. The van der Waals surface area contributed by atoms with Crippen molar-refractivity contribution in [3.05, 3.63) is 34.9 Å². The third-order valence-corrected chi connectivity index (χ3v) is 5.71. The molecule has 2 aliphatic heterocycles. The Bertz CT molecular complexity index is 932. The van der Waals surface area contributed by atoms with Crippen LogP contribution in [0.1, 0.15) is 30.9 Å². The van der Waals surface area contributed by atoms with Gasteiger partial charge in [-0.3, -0.25) is 4.79 Å². The van der Waals surface area contributed by atoms with Crippen molar-refractivity contribution in [1.82, 2.24) is 25.9 Å². The molecule has 1 aromatic heterocycles. The smallest absolute Gasteiger partial charge is 0.396 e. The number of hydrogen-bond donors (Lipinski definition) is 6. The lowest BCUT2D eigenvalue weighted by molar-refractivity contribution is -0.120. The number of hydrogen-bond acceptors (Lipinski definition) is 8. The molecule has 0 spiro atoms. The summed E-state index contributed by atoms with van der Waals surface area (Å²) in [5.41, 5.74) is 6.41. The fraction of sp³-hybridized carbons (Fsp3) is 0.526. The molecule has 0 saturated heterocycles. The van der Waals surface area contributed by atoms with Crippen molar-refractivity contribution in [2.75, 3.05) is 30.7 Å². The first-order chi connectivity index (χ1) is 14.7. The van der Waals surface area contributed by atoms with Gasteiger partial charge < -0.3 is 32.1 Å². The monoisotopic (exact) mass is 439 g/mol. The molecular formula is C19H24F3N7O2. The van der Waals surface area contributed by atoms with Crippen LogP contribution in [0.4, 0.5) is 24.8 Å². The minimum atomic E-state index is -4.43. The molecule has 168 valence electrons. The van der Waals surface area contributed by atoms with E-state index >= 15 is 0 Å². The molecule has 7 N–H and O–H groups in total. The second-order valence-electron chi connectivity index (χ2n) is 7.84. The number of aliphatic hydroxyl groups excluding tert-OH is 1. The number of amides is 1. The summed E-state index contributed by atoms with van der Waals surface area (Å²) in [6.07, 6.45) is -0.227. The first kappa shape index (κ1) is 21.2. The van der Waals surface area contributed by atoms with Crippen molar-refractivity contribution in [2.45, 2.75) is 43.5 Å².